The van der Waals surface area contributed by atoms with Gasteiger partial charge in [-0.1, -0.05) is 13.3 Å². The molecule has 0 radical (unpaired) electrons. The Morgan fingerprint density at radius 1 is 1.25 bits per heavy atom. The van der Waals surface area contributed by atoms with Gasteiger partial charge in [0.05, 0.1) is 0 Å². The van der Waals surface area contributed by atoms with Gasteiger partial charge in [-0.25, -0.2) is 0 Å². The highest BCUT2D eigenvalue weighted by atomic mass is 32.8. The molecule has 0 aromatic heterocycles. The molecule has 4 nitrogen and oxygen atoms in total. The van der Waals surface area contributed by atoms with Crippen LogP contribution in [0.25, 0.3) is 0 Å². The summed E-state index contributed by atoms with van der Waals surface area (Å²) in [5.74, 6) is 0.497. The van der Waals surface area contributed by atoms with Gasteiger partial charge >= 0.3 is 12.4 Å². The average Bonchev–Trinajstić information content (AvgIpc) is 1.85. The van der Waals surface area contributed by atoms with Gasteiger partial charge in [0, 0.05) is 6.42 Å². The predicted octanol–water partition coefficient (Wildman–Crippen LogP) is 0.825. The van der Waals surface area contributed by atoms with Gasteiger partial charge in [-0.2, -0.15) is 0 Å². The minimum atomic E-state index is -3.89. The van der Waals surface area contributed by atoms with E-state index in [2.05, 4.69) is 11.8 Å². The molecule has 0 aliphatic carbocycles. The minimum absolute atomic E-state index is 0.497. The molecule has 0 spiro atoms. The first-order valence-electron chi connectivity index (χ1n) is 3.36. The zero-order valence-corrected chi connectivity index (χ0v) is 10.0. The van der Waals surface area contributed by atoms with Crippen LogP contribution in [0.3, 0.4) is 0 Å². The van der Waals surface area contributed by atoms with Crippen LogP contribution in [0.5, 0.6) is 0 Å². The topological polar surface area (TPSA) is 80.9 Å². The summed E-state index contributed by atoms with van der Waals surface area (Å²) in [5, 5.41) is 0. The van der Waals surface area contributed by atoms with Crippen molar-refractivity contribution in [2.45, 2.75) is 19.8 Å². The maximum absolute atomic E-state index is 9.15. The molecule has 0 unspecified atom stereocenters. The standard InChI is InChI=1S/C4H12O4P2S2/c1-2-3-4-12-10(7,8)9(5,6)11/h2-4H2,1H3,(H3-,5,6,7,8,11)/p+1. The third-order valence-corrected chi connectivity index (χ3v) is 12.3. The highest BCUT2D eigenvalue weighted by Crippen LogP contribution is 2.73. The zero-order valence-electron chi connectivity index (χ0n) is 6.62. The van der Waals surface area contributed by atoms with E-state index < -0.39 is 12.4 Å². The van der Waals surface area contributed by atoms with Crippen molar-refractivity contribution >= 4 is 35.1 Å². The predicted molar refractivity (Wildman–Crippen MR) is 57.2 cm³/mol. The summed E-state index contributed by atoms with van der Waals surface area (Å²) in [5.41, 5.74) is 0. The molecule has 0 aromatic carbocycles. The van der Waals surface area contributed by atoms with E-state index in [4.69, 9.17) is 19.6 Å². The Hall–Kier alpha value is 1.14. The summed E-state index contributed by atoms with van der Waals surface area (Å²) in [6.45, 7) is 1.96. The molecule has 4 N–H and O–H groups in total. The van der Waals surface area contributed by atoms with Gasteiger partial charge in [-0.3, -0.25) is 0 Å². The molecule has 0 rings (SSSR count). The first kappa shape index (κ1) is 13.1. The Balaban J connectivity index is 4.39. The van der Waals surface area contributed by atoms with Crippen LogP contribution in [0, 0.1) is 0 Å². The SMILES string of the molecule is CCCC[S+]=P(O)(O)P(O)(O)=S. The maximum atomic E-state index is 9.15. The summed E-state index contributed by atoms with van der Waals surface area (Å²) >= 11 is 4.22. The molecule has 0 saturated carbocycles. The van der Waals surface area contributed by atoms with Gasteiger partial charge in [-0.05, 0) is 11.8 Å². The molecular formula is C4H13O4P2S2+. The van der Waals surface area contributed by atoms with E-state index in [0.29, 0.717) is 5.75 Å². The van der Waals surface area contributed by atoms with Gasteiger partial charge in [-0.15, -0.1) is 0 Å². The van der Waals surface area contributed by atoms with Crippen molar-refractivity contribution in [1.82, 2.24) is 0 Å². The van der Waals surface area contributed by atoms with Crippen molar-refractivity contribution < 1.29 is 19.6 Å². The highest BCUT2D eigenvalue weighted by molar-refractivity contribution is 8.61. The first-order valence-corrected chi connectivity index (χ1v) is 10.1. The molecule has 0 aromatic rings. The maximum Gasteiger partial charge on any atom is 0.450 e. The second-order valence-corrected chi connectivity index (χ2v) is 13.7. The van der Waals surface area contributed by atoms with E-state index in [9.17, 15) is 0 Å². The summed E-state index contributed by atoms with van der Waals surface area (Å²) in [7, 11) is 0.778. The van der Waals surface area contributed by atoms with E-state index in [0.717, 1.165) is 23.8 Å². The summed E-state index contributed by atoms with van der Waals surface area (Å²) < 4.78 is 0. The average molecular weight is 251 g/mol. The Morgan fingerprint density at radius 2 is 1.75 bits per heavy atom. The summed E-state index contributed by atoms with van der Waals surface area (Å²) in [6.07, 6.45) is -5.86. The third kappa shape index (κ3) is 4.40. The molecule has 0 aliphatic heterocycles. The lowest BCUT2D eigenvalue weighted by Crippen LogP contribution is -1.87. The van der Waals surface area contributed by atoms with Crippen molar-refractivity contribution in [2.24, 2.45) is 0 Å². The van der Waals surface area contributed by atoms with Gasteiger partial charge in [0.15, 0.2) is 5.75 Å². The molecule has 0 aliphatic rings. The molecule has 0 amide bonds. The molecule has 12 heavy (non-hydrogen) atoms. The first-order chi connectivity index (χ1) is 5.31. The molecule has 8 heteroatoms. The van der Waals surface area contributed by atoms with Crippen LogP contribution in [0.15, 0.2) is 0 Å². The minimum Gasteiger partial charge on any atom is -0.336 e. The Labute approximate surface area is 80.5 Å². The second-order valence-electron chi connectivity index (χ2n) is 2.21. The van der Waals surface area contributed by atoms with Crippen LogP contribution in [0.4, 0.5) is 0 Å². The van der Waals surface area contributed by atoms with Gasteiger partial charge in [0.2, 0.25) is 10.9 Å². The smallest absolute Gasteiger partial charge is 0.336 e. The number of rotatable bonds is 4. The lowest BCUT2D eigenvalue weighted by atomic mass is 10.4. The molecular weight excluding hydrogens is 238 g/mol. The summed E-state index contributed by atoms with van der Waals surface area (Å²) in [4.78, 5) is 36.0. The van der Waals surface area contributed by atoms with E-state index in [1.54, 1.807) is 0 Å². The van der Waals surface area contributed by atoms with Gasteiger partial charge in [0.25, 0.3) is 0 Å². The fraction of sp³-hybridized carbons (Fsp3) is 1.00. The van der Waals surface area contributed by atoms with Crippen molar-refractivity contribution in [3.05, 3.63) is 0 Å². The molecule has 74 valence electrons. The number of hydrogen-bond donors (Lipinski definition) is 4. The fourth-order valence-corrected chi connectivity index (χ4v) is 6.15. The summed E-state index contributed by atoms with van der Waals surface area (Å²) in [6, 6.07) is 0. The molecule has 0 fully saturated rings. The Bertz CT molecular complexity index is 229. The van der Waals surface area contributed by atoms with Crippen molar-refractivity contribution in [1.29, 1.82) is 0 Å². The molecule has 0 atom stereocenters. The van der Waals surface area contributed by atoms with Crippen molar-refractivity contribution in [3.63, 3.8) is 0 Å². The third-order valence-electron chi connectivity index (χ3n) is 1.10. The largest absolute Gasteiger partial charge is 0.450 e. The molecule has 0 heterocycles. The van der Waals surface area contributed by atoms with Crippen LogP contribution in [-0.2, 0) is 22.7 Å². The van der Waals surface area contributed by atoms with E-state index in [1.807, 2.05) is 6.92 Å². The lowest BCUT2D eigenvalue weighted by Gasteiger charge is -2.05. The Kier molecular flexibility index (Phi) is 5.62. The van der Waals surface area contributed by atoms with Crippen LogP contribution in [0.1, 0.15) is 19.8 Å². The molecule has 0 saturated heterocycles. The quantitative estimate of drug-likeness (QED) is 0.338. The van der Waals surface area contributed by atoms with Crippen LogP contribution >= 0.6 is 12.4 Å². The van der Waals surface area contributed by atoms with E-state index in [-0.39, 0.29) is 0 Å². The van der Waals surface area contributed by atoms with Crippen molar-refractivity contribution in [2.75, 3.05) is 5.75 Å². The zero-order chi connectivity index (χ0) is 9.83. The van der Waals surface area contributed by atoms with Crippen LogP contribution in [-0.4, -0.2) is 25.3 Å². The van der Waals surface area contributed by atoms with Gasteiger partial charge < -0.3 is 19.6 Å². The number of unbranched alkanes of at least 4 members (excludes halogenated alkanes) is 1. The van der Waals surface area contributed by atoms with Crippen molar-refractivity contribution in [3.8, 4) is 0 Å². The molecule has 0 bridgehead atoms. The Morgan fingerprint density at radius 3 is 2.08 bits per heavy atom. The highest BCUT2D eigenvalue weighted by Gasteiger charge is 2.39. The number of hydrogen-bond acceptors (Lipinski definition) is 1. The second kappa shape index (κ2) is 5.13. The fourth-order valence-electron chi connectivity index (χ4n) is 0.407. The van der Waals surface area contributed by atoms with Crippen LogP contribution in [0.2, 0.25) is 0 Å². The van der Waals surface area contributed by atoms with E-state index >= 15 is 0 Å². The lowest BCUT2D eigenvalue weighted by molar-refractivity contribution is 0.453. The van der Waals surface area contributed by atoms with Gasteiger partial charge in [0.1, 0.15) is 0 Å². The monoisotopic (exact) mass is 251 g/mol. The van der Waals surface area contributed by atoms with Crippen LogP contribution < -0.4 is 0 Å². The van der Waals surface area contributed by atoms with E-state index in [1.165, 1.54) is 0 Å². The normalized spacial score (nSPS) is 13.1.